The number of amides is 2. The fourth-order valence-electron chi connectivity index (χ4n) is 5.09. The van der Waals surface area contributed by atoms with E-state index in [1.165, 1.54) is 0 Å². The molecule has 1 heterocycles. The highest BCUT2D eigenvalue weighted by Crippen LogP contribution is 2.44. The van der Waals surface area contributed by atoms with Crippen molar-refractivity contribution in [3.05, 3.63) is 59.7 Å². The van der Waals surface area contributed by atoms with Crippen LogP contribution in [0.2, 0.25) is 0 Å². The predicted octanol–water partition coefficient (Wildman–Crippen LogP) is 4.55. The van der Waals surface area contributed by atoms with Gasteiger partial charge in [-0.05, 0) is 60.4 Å². The highest BCUT2D eigenvalue weighted by Gasteiger charge is 2.37. The SMILES string of the molecule is CC(C)(CC(=O)NC1(CC(=O)O)CCSCC1)NC(=O)OCC1c2ccccc2-c2ccccc21. The van der Waals surface area contributed by atoms with Gasteiger partial charge in [0.15, 0.2) is 0 Å². The highest BCUT2D eigenvalue weighted by molar-refractivity contribution is 7.99. The maximum atomic E-state index is 12.8. The molecule has 4 rings (SSSR count). The second kappa shape index (κ2) is 10.3. The van der Waals surface area contributed by atoms with Crippen molar-refractivity contribution in [2.24, 2.45) is 0 Å². The number of alkyl carbamates (subject to hydrolysis) is 1. The summed E-state index contributed by atoms with van der Waals surface area (Å²) in [7, 11) is 0. The van der Waals surface area contributed by atoms with Crippen LogP contribution in [-0.4, -0.2) is 52.3 Å². The van der Waals surface area contributed by atoms with E-state index in [1.54, 1.807) is 25.6 Å². The molecule has 1 saturated heterocycles. The summed E-state index contributed by atoms with van der Waals surface area (Å²) in [5.74, 6) is 0.388. The number of fused-ring (bicyclic) bond motifs is 3. The average Bonchev–Trinajstić information content (AvgIpc) is 3.10. The van der Waals surface area contributed by atoms with E-state index < -0.39 is 23.1 Å². The van der Waals surface area contributed by atoms with Gasteiger partial charge in [-0.25, -0.2) is 4.79 Å². The molecule has 0 unspecified atom stereocenters. The molecule has 0 aromatic heterocycles. The fraction of sp³-hybridized carbons (Fsp3) is 0.444. The number of ether oxygens (including phenoxy) is 1. The Morgan fingerprint density at radius 2 is 1.60 bits per heavy atom. The number of carbonyl (C=O) groups excluding carboxylic acids is 2. The van der Waals surface area contributed by atoms with Gasteiger partial charge in [-0.1, -0.05) is 48.5 Å². The van der Waals surface area contributed by atoms with Crippen LogP contribution >= 0.6 is 11.8 Å². The number of carboxylic acid groups (broad SMARTS) is 1. The first kappa shape index (κ1) is 25.1. The van der Waals surface area contributed by atoms with Crippen molar-refractivity contribution in [3.63, 3.8) is 0 Å². The Kier molecular flexibility index (Phi) is 7.40. The molecule has 7 nitrogen and oxygen atoms in total. The zero-order chi connectivity index (χ0) is 25.1. The lowest BCUT2D eigenvalue weighted by Crippen LogP contribution is -2.55. The largest absolute Gasteiger partial charge is 0.481 e. The monoisotopic (exact) mass is 496 g/mol. The van der Waals surface area contributed by atoms with E-state index in [2.05, 4.69) is 34.9 Å². The van der Waals surface area contributed by atoms with E-state index in [0.29, 0.717) is 12.8 Å². The third-order valence-corrected chi connectivity index (χ3v) is 7.72. The van der Waals surface area contributed by atoms with Crippen LogP contribution < -0.4 is 10.6 Å². The Bertz CT molecular complexity index is 1060. The van der Waals surface area contributed by atoms with E-state index in [1.807, 2.05) is 24.3 Å². The van der Waals surface area contributed by atoms with Gasteiger partial charge in [0, 0.05) is 17.9 Å². The van der Waals surface area contributed by atoms with Gasteiger partial charge in [0.1, 0.15) is 6.61 Å². The first-order chi connectivity index (χ1) is 16.7. The number of nitrogens with one attached hydrogen (secondary N) is 2. The topological polar surface area (TPSA) is 105 Å². The molecule has 35 heavy (non-hydrogen) atoms. The van der Waals surface area contributed by atoms with Gasteiger partial charge < -0.3 is 20.5 Å². The van der Waals surface area contributed by atoms with Crippen molar-refractivity contribution in [1.29, 1.82) is 0 Å². The molecule has 2 aromatic carbocycles. The summed E-state index contributed by atoms with van der Waals surface area (Å²) >= 11 is 1.76. The average molecular weight is 497 g/mol. The summed E-state index contributed by atoms with van der Waals surface area (Å²) in [6.07, 6.45) is 0.580. The van der Waals surface area contributed by atoms with Crippen molar-refractivity contribution in [2.45, 2.75) is 56.5 Å². The van der Waals surface area contributed by atoms with Crippen LogP contribution in [0, 0.1) is 0 Å². The van der Waals surface area contributed by atoms with E-state index in [-0.39, 0.29) is 31.3 Å². The Morgan fingerprint density at radius 1 is 1.03 bits per heavy atom. The third kappa shape index (κ3) is 5.99. The second-order valence-electron chi connectivity index (χ2n) is 10.0. The second-order valence-corrected chi connectivity index (χ2v) is 11.2. The summed E-state index contributed by atoms with van der Waals surface area (Å²) in [5, 5.41) is 15.1. The Balaban J connectivity index is 1.34. The molecule has 0 radical (unpaired) electrons. The van der Waals surface area contributed by atoms with Crippen LogP contribution in [0.3, 0.4) is 0 Å². The van der Waals surface area contributed by atoms with Crippen LogP contribution in [0.25, 0.3) is 11.1 Å². The summed E-state index contributed by atoms with van der Waals surface area (Å²) < 4.78 is 5.62. The minimum absolute atomic E-state index is 0.0196. The lowest BCUT2D eigenvalue weighted by atomic mass is 9.87. The molecule has 2 amide bonds. The fourth-order valence-corrected chi connectivity index (χ4v) is 6.37. The molecule has 186 valence electrons. The lowest BCUT2D eigenvalue weighted by Gasteiger charge is -2.37. The van der Waals surface area contributed by atoms with Gasteiger partial charge >= 0.3 is 12.1 Å². The third-order valence-electron chi connectivity index (χ3n) is 6.73. The predicted molar refractivity (Wildman–Crippen MR) is 137 cm³/mol. The van der Waals surface area contributed by atoms with Crippen molar-refractivity contribution in [1.82, 2.24) is 10.6 Å². The number of thioether (sulfide) groups is 1. The minimum Gasteiger partial charge on any atom is -0.481 e. The molecule has 2 aliphatic rings. The molecule has 1 aliphatic heterocycles. The van der Waals surface area contributed by atoms with Gasteiger partial charge in [-0.3, -0.25) is 9.59 Å². The molecule has 1 aliphatic carbocycles. The van der Waals surface area contributed by atoms with Crippen LogP contribution in [0.5, 0.6) is 0 Å². The molecule has 3 N–H and O–H groups in total. The number of aliphatic carboxylic acids is 1. The summed E-state index contributed by atoms with van der Waals surface area (Å²) in [5.41, 5.74) is 2.99. The van der Waals surface area contributed by atoms with E-state index in [0.717, 1.165) is 33.8 Å². The van der Waals surface area contributed by atoms with Crippen LogP contribution in [-0.2, 0) is 14.3 Å². The smallest absolute Gasteiger partial charge is 0.407 e. The number of carboxylic acids is 1. The van der Waals surface area contributed by atoms with Crippen molar-refractivity contribution in [3.8, 4) is 11.1 Å². The summed E-state index contributed by atoms with van der Waals surface area (Å²) in [6, 6.07) is 16.3. The molecular formula is C27H32N2O5S. The highest BCUT2D eigenvalue weighted by atomic mass is 32.2. The lowest BCUT2D eigenvalue weighted by molar-refractivity contribution is -0.139. The number of carbonyl (C=O) groups is 3. The van der Waals surface area contributed by atoms with E-state index in [4.69, 9.17) is 4.74 Å². The molecule has 2 aromatic rings. The van der Waals surface area contributed by atoms with Crippen molar-refractivity contribution in [2.75, 3.05) is 18.1 Å². The first-order valence-corrected chi connectivity index (χ1v) is 13.1. The van der Waals surface area contributed by atoms with Gasteiger partial charge in [0.05, 0.1) is 12.0 Å². The molecule has 1 fully saturated rings. The summed E-state index contributed by atoms with van der Waals surface area (Å²) in [4.78, 5) is 36.9. The van der Waals surface area contributed by atoms with Crippen molar-refractivity contribution >= 4 is 29.7 Å². The normalized spacial score (nSPS) is 16.6. The Labute approximate surface area is 210 Å². The van der Waals surface area contributed by atoms with Gasteiger partial charge in [-0.15, -0.1) is 0 Å². The van der Waals surface area contributed by atoms with Crippen LogP contribution in [0.15, 0.2) is 48.5 Å². The van der Waals surface area contributed by atoms with E-state index >= 15 is 0 Å². The van der Waals surface area contributed by atoms with Crippen LogP contribution in [0.4, 0.5) is 4.79 Å². The molecule has 8 heteroatoms. The number of hydrogen-bond acceptors (Lipinski definition) is 5. The van der Waals surface area contributed by atoms with Gasteiger partial charge in [-0.2, -0.15) is 11.8 Å². The van der Waals surface area contributed by atoms with Gasteiger partial charge in [0.25, 0.3) is 0 Å². The van der Waals surface area contributed by atoms with E-state index in [9.17, 15) is 19.5 Å². The standard InChI is InChI=1S/C27H32N2O5S/c1-26(2,15-23(30)28-27(16-24(31)32)11-13-35-14-12-27)29-25(33)34-17-22-20-9-5-3-7-18(20)19-8-4-6-10-21(19)22/h3-10,22H,11-17H2,1-2H3,(H,28,30)(H,29,33)(H,31,32). The van der Waals surface area contributed by atoms with Crippen molar-refractivity contribution < 1.29 is 24.2 Å². The molecule has 0 spiro atoms. The number of hydrogen-bond donors (Lipinski definition) is 3. The Morgan fingerprint density at radius 3 is 2.17 bits per heavy atom. The number of rotatable bonds is 8. The first-order valence-electron chi connectivity index (χ1n) is 11.9. The van der Waals surface area contributed by atoms with Gasteiger partial charge in [0.2, 0.25) is 5.91 Å². The Hall–Kier alpha value is -3.00. The molecule has 0 saturated carbocycles. The number of benzene rings is 2. The quantitative estimate of drug-likeness (QED) is 0.495. The molecule has 0 atom stereocenters. The molecular weight excluding hydrogens is 464 g/mol. The maximum absolute atomic E-state index is 12.8. The van der Waals surface area contributed by atoms with Crippen LogP contribution in [0.1, 0.15) is 56.6 Å². The zero-order valence-corrected chi connectivity index (χ0v) is 21.0. The zero-order valence-electron chi connectivity index (χ0n) is 20.1. The minimum atomic E-state index is -0.923. The molecule has 0 bridgehead atoms. The summed E-state index contributed by atoms with van der Waals surface area (Å²) in [6.45, 7) is 3.71. The maximum Gasteiger partial charge on any atom is 0.407 e.